The van der Waals surface area contributed by atoms with Crippen LogP contribution in [0.2, 0.25) is 0 Å². The summed E-state index contributed by atoms with van der Waals surface area (Å²) >= 11 is 4.98. The smallest absolute Gasteiger partial charge is 0.237 e. The third-order valence-corrected chi connectivity index (χ3v) is 4.30. The summed E-state index contributed by atoms with van der Waals surface area (Å²) in [5.41, 5.74) is 6.99. The molecule has 0 aromatic heterocycles. The van der Waals surface area contributed by atoms with Crippen LogP contribution in [-0.4, -0.2) is 24.0 Å². The SMILES string of the molecule is CCN(CC)c1ccc(NC(=O)C2(C(N)=S)CC2)cc1. The summed E-state index contributed by atoms with van der Waals surface area (Å²) in [6.45, 7) is 6.18. The number of nitrogens with zero attached hydrogens (tertiary/aromatic N) is 1. The summed E-state index contributed by atoms with van der Waals surface area (Å²) in [5, 5.41) is 2.90. The van der Waals surface area contributed by atoms with Gasteiger partial charge in [0.05, 0.1) is 10.4 Å². The first-order valence-electron chi connectivity index (χ1n) is 7.00. The number of carbonyl (C=O) groups excluding carboxylic acids is 1. The molecule has 108 valence electrons. The number of hydrogen-bond acceptors (Lipinski definition) is 3. The van der Waals surface area contributed by atoms with E-state index in [1.165, 1.54) is 0 Å². The molecular weight excluding hydrogens is 270 g/mol. The standard InChI is InChI=1S/C15H21N3OS/c1-3-18(4-2)12-7-5-11(6-8-12)17-14(19)15(9-10-15)13(16)20/h5-8H,3-4,9-10H2,1-2H3,(H2,16,20)(H,17,19). The summed E-state index contributed by atoms with van der Waals surface area (Å²) < 4.78 is 0. The van der Waals surface area contributed by atoms with E-state index in [1.807, 2.05) is 24.3 Å². The molecule has 1 aliphatic carbocycles. The molecule has 0 unspecified atom stereocenters. The molecule has 2 rings (SSSR count). The molecule has 1 aliphatic rings. The molecule has 1 amide bonds. The van der Waals surface area contributed by atoms with Gasteiger partial charge in [0, 0.05) is 24.5 Å². The van der Waals surface area contributed by atoms with Crippen molar-refractivity contribution >= 4 is 34.5 Å². The first kappa shape index (κ1) is 14.8. The number of carbonyl (C=O) groups is 1. The molecule has 0 aliphatic heterocycles. The number of benzene rings is 1. The van der Waals surface area contributed by atoms with Crippen LogP contribution in [0, 0.1) is 5.41 Å². The fourth-order valence-electron chi connectivity index (χ4n) is 2.31. The van der Waals surface area contributed by atoms with Crippen LogP contribution < -0.4 is 16.0 Å². The van der Waals surface area contributed by atoms with Crippen molar-refractivity contribution in [2.24, 2.45) is 11.1 Å². The van der Waals surface area contributed by atoms with Gasteiger partial charge in [-0.1, -0.05) is 12.2 Å². The fraction of sp³-hybridized carbons (Fsp3) is 0.467. The fourth-order valence-corrected chi connectivity index (χ4v) is 2.60. The lowest BCUT2D eigenvalue weighted by molar-refractivity contribution is -0.118. The Bertz CT molecular complexity index is 504. The van der Waals surface area contributed by atoms with Gasteiger partial charge in [0.25, 0.3) is 0 Å². The summed E-state index contributed by atoms with van der Waals surface area (Å²) in [4.78, 5) is 14.7. The predicted molar refractivity (Wildman–Crippen MR) is 87.1 cm³/mol. The zero-order valence-electron chi connectivity index (χ0n) is 12.0. The average molecular weight is 291 g/mol. The first-order valence-corrected chi connectivity index (χ1v) is 7.40. The van der Waals surface area contributed by atoms with E-state index in [-0.39, 0.29) is 5.91 Å². The van der Waals surface area contributed by atoms with Gasteiger partial charge in [0.15, 0.2) is 0 Å². The largest absolute Gasteiger partial charge is 0.392 e. The van der Waals surface area contributed by atoms with Crippen LogP contribution in [0.15, 0.2) is 24.3 Å². The monoisotopic (exact) mass is 291 g/mol. The molecule has 3 N–H and O–H groups in total. The van der Waals surface area contributed by atoms with Crippen molar-refractivity contribution in [3.8, 4) is 0 Å². The van der Waals surface area contributed by atoms with Crippen molar-refractivity contribution in [2.75, 3.05) is 23.3 Å². The highest BCUT2D eigenvalue weighted by Gasteiger charge is 2.52. The number of hydrogen-bond donors (Lipinski definition) is 2. The maximum Gasteiger partial charge on any atom is 0.237 e. The second kappa shape index (κ2) is 5.79. The third-order valence-electron chi connectivity index (χ3n) is 3.91. The Morgan fingerprint density at radius 1 is 1.30 bits per heavy atom. The summed E-state index contributed by atoms with van der Waals surface area (Å²) in [5.74, 6) is -0.0828. The summed E-state index contributed by atoms with van der Waals surface area (Å²) in [6, 6.07) is 7.87. The normalized spacial score (nSPS) is 15.5. The van der Waals surface area contributed by atoms with Gasteiger partial charge in [-0.05, 0) is 51.0 Å². The van der Waals surface area contributed by atoms with Crippen molar-refractivity contribution in [2.45, 2.75) is 26.7 Å². The summed E-state index contributed by atoms with van der Waals surface area (Å²) in [6.07, 6.45) is 1.51. The van der Waals surface area contributed by atoms with E-state index in [9.17, 15) is 4.79 Å². The predicted octanol–water partition coefficient (Wildman–Crippen LogP) is 2.54. The minimum Gasteiger partial charge on any atom is -0.392 e. The van der Waals surface area contributed by atoms with Crippen LogP contribution in [0.3, 0.4) is 0 Å². The van der Waals surface area contributed by atoms with Crippen LogP contribution in [0.5, 0.6) is 0 Å². The first-order chi connectivity index (χ1) is 9.53. The van der Waals surface area contributed by atoms with Crippen LogP contribution in [0.4, 0.5) is 11.4 Å². The van der Waals surface area contributed by atoms with E-state index in [1.54, 1.807) is 0 Å². The van der Waals surface area contributed by atoms with Crippen LogP contribution in [-0.2, 0) is 4.79 Å². The quantitative estimate of drug-likeness (QED) is 0.791. The van der Waals surface area contributed by atoms with Crippen LogP contribution >= 0.6 is 12.2 Å². The summed E-state index contributed by atoms with van der Waals surface area (Å²) in [7, 11) is 0. The maximum atomic E-state index is 12.2. The van der Waals surface area contributed by atoms with Crippen molar-refractivity contribution in [1.82, 2.24) is 0 Å². The molecule has 1 fully saturated rings. The highest BCUT2D eigenvalue weighted by atomic mass is 32.1. The second-order valence-electron chi connectivity index (χ2n) is 5.12. The molecule has 5 heteroatoms. The Labute approximate surface area is 125 Å². The van der Waals surface area contributed by atoms with Crippen molar-refractivity contribution in [3.63, 3.8) is 0 Å². The highest BCUT2D eigenvalue weighted by molar-refractivity contribution is 7.80. The lowest BCUT2D eigenvalue weighted by atomic mass is 10.1. The van der Waals surface area contributed by atoms with E-state index in [0.29, 0.717) is 4.99 Å². The third kappa shape index (κ3) is 2.77. The van der Waals surface area contributed by atoms with E-state index in [2.05, 4.69) is 24.1 Å². The molecule has 0 heterocycles. The Morgan fingerprint density at radius 2 is 1.85 bits per heavy atom. The van der Waals surface area contributed by atoms with Gasteiger partial charge >= 0.3 is 0 Å². The molecule has 1 aromatic rings. The molecule has 0 atom stereocenters. The molecule has 0 spiro atoms. The van der Waals surface area contributed by atoms with E-state index < -0.39 is 5.41 Å². The maximum absolute atomic E-state index is 12.2. The van der Waals surface area contributed by atoms with Crippen molar-refractivity contribution in [1.29, 1.82) is 0 Å². The Morgan fingerprint density at radius 3 is 2.25 bits per heavy atom. The number of anilines is 2. The molecule has 0 radical (unpaired) electrons. The molecular formula is C15H21N3OS. The van der Waals surface area contributed by atoms with Crippen LogP contribution in [0.25, 0.3) is 0 Å². The van der Waals surface area contributed by atoms with E-state index in [4.69, 9.17) is 18.0 Å². The molecule has 4 nitrogen and oxygen atoms in total. The number of thiocarbonyl (C=S) groups is 1. The second-order valence-corrected chi connectivity index (χ2v) is 5.56. The van der Waals surface area contributed by atoms with Crippen molar-refractivity contribution in [3.05, 3.63) is 24.3 Å². The molecule has 1 saturated carbocycles. The molecule has 0 bridgehead atoms. The Kier molecular flexibility index (Phi) is 4.28. The minimum absolute atomic E-state index is 0.0828. The Hall–Kier alpha value is -1.62. The number of nitrogens with two attached hydrogens (primary N) is 1. The number of rotatable bonds is 6. The van der Waals surface area contributed by atoms with E-state index in [0.717, 1.165) is 37.3 Å². The molecule has 1 aromatic carbocycles. The minimum atomic E-state index is -0.604. The molecule has 20 heavy (non-hydrogen) atoms. The van der Waals surface area contributed by atoms with Gasteiger partial charge < -0.3 is 16.0 Å². The Balaban J connectivity index is 2.04. The van der Waals surface area contributed by atoms with Gasteiger partial charge in [-0.3, -0.25) is 4.79 Å². The average Bonchev–Trinajstić information content (AvgIpc) is 3.23. The van der Waals surface area contributed by atoms with Crippen LogP contribution in [0.1, 0.15) is 26.7 Å². The number of amides is 1. The number of nitrogens with one attached hydrogen (secondary N) is 1. The highest BCUT2D eigenvalue weighted by Crippen LogP contribution is 2.46. The molecule has 0 saturated heterocycles. The van der Waals surface area contributed by atoms with E-state index >= 15 is 0 Å². The van der Waals surface area contributed by atoms with Crippen molar-refractivity contribution < 1.29 is 4.79 Å². The van der Waals surface area contributed by atoms with Gasteiger partial charge in [-0.2, -0.15) is 0 Å². The lowest BCUT2D eigenvalue weighted by Crippen LogP contribution is -2.35. The van der Waals surface area contributed by atoms with Gasteiger partial charge in [-0.15, -0.1) is 0 Å². The van der Waals surface area contributed by atoms with Gasteiger partial charge in [-0.25, -0.2) is 0 Å². The van der Waals surface area contributed by atoms with Gasteiger partial charge in [0.1, 0.15) is 0 Å². The van der Waals surface area contributed by atoms with Gasteiger partial charge in [0.2, 0.25) is 5.91 Å². The zero-order valence-corrected chi connectivity index (χ0v) is 12.8. The zero-order chi connectivity index (χ0) is 14.8. The lowest BCUT2D eigenvalue weighted by Gasteiger charge is -2.21. The topological polar surface area (TPSA) is 58.4 Å².